The lowest BCUT2D eigenvalue weighted by atomic mass is 10.1. The number of carboxylic acids is 1. The minimum Gasteiger partial charge on any atom is -0.480 e. The third kappa shape index (κ3) is 5.29. The van der Waals surface area contributed by atoms with Gasteiger partial charge in [-0.25, -0.2) is 9.78 Å². The highest BCUT2D eigenvalue weighted by Crippen LogP contribution is 2.17. The summed E-state index contributed by atoms with van der Waals surface area (Å²) in [6, 6.07) is 11.8. The zero-order valence-electron chi connectivity index (χ0n) is 15.3. The summed E-state index contributed by atoms with van der Waals surface area (Å²) in [7, 11) is 0. The molecule has 0 bridgehead atoms. The summed E-state index contributed by atoms with van der Waals surface area (Å²) < 4.78 is 0. The molecule has 1 fully saturated rings. The first-order chi connectivity index (χ1) is 13.1. The fourth-order valence-corrected chi connectivity index (χ4v) is 3.30. The number of nitrogens with zero attached hydrogens (tertiary/aromatic N) is 2. The first-order valence-electron chi connectivity index (χ1n) is 9.42. The molecule has 2 heterocycles. The third-order valence-corrected chi connectivity index (χ3v) is 4.83. The van der Waals surface area contributed by atoms with E-state index in [1.165, 1.54) is 19.0 Å². The molecule has 3 rings (SSSR count). The number of aromatic nitrogens is 1. The van der Waals surface area contributed by atoms with Gasteiger partial charge >= 0.3 is 5.97 Å². The van der Waals surface area contributed by atoms with E-state index in [2.05, 4.69) is 15.2 Å². The standard InChI is InChI=1S/C21H25N3O3/c25-20(23-18(21(26)27)14-16-8-4-3-5-9-16)17-10-11-19(22-15-17)24-12-6-1-2-7-13-24/h3-5,8-11,15,18H,1-2,6-7,12-14H2,(H,23,25)(H,26,27)/t18-/m1/s1. The largest absolute Gasteiger partial charge is 0.480 e. The highest BCUT2D eigenvalue weighted by atomic mass is 16.4. The third-order valence-electron chi connectivity index (χ3n) is 4.83. The Labute approximate surface area is 159 Å². The molecule has 2 N–H and O–H groups in total. The van der Waals surface area contributed by atoms with Crippen LogP contribution in [0.4, 0.5) is 5.82 Å². The molecular weight excluding hydrogens is 342 g/mol. The molecule has 1 saturated heterocycles. The number of aliphatic carboxylic acids is 1. The van der Waals surface area contributed by atoms with E-state index >= 15 is 0 Å². The van der Waals surface area contributed by atoms with Gasteiger partial charge in [0.2, 0.25) is 0 Å². The van der Waals surface area contributed by atoms with Gasteiger partial charge in [-0.2, -0.15) is 0 Å². The smallest absolute Gasteiger partial charge is 0.326 e. The summed E-state index contributed by atoms with van der Waals surface area (Å²) in [5, 5.41) is 12.0. The molecule has 1 aromatic carbocycles. The SMILES string of the molecule is O=C(N[C@H](Cc1ccccc1)C(=O)O)c1ccc(N2CCCCCC2)nc1. The summed E-state index contributed by atoms with van der Waals surface area (Å²) in [6.45, 7) is 1.97. The van der Waals surface area contributed by atoms with Crippen LogP contribution in [0.15, 0.2) is 48.7 Å². The van der Waals surface area contributed by atoms with Crippen molar-refractivity contribution in [3.05, 3.63) is 59.8 Å². The lowest BCUT2D eigenvalue weighted by molar-refractivity contribution is -0.139. The monoisotopic (exact) mass is 367 g/mol. The van der Waals surface area contributed by atoms with Gasteiger partial charge in [0, 0.05) is 25.7 Å². The molecule has 0 radical (unpaired) electrons. The normalized spacial score (nSPS) is 15.6. The van der Waals surface area contributed by atoms with Crippen LogP contribution >= 0.6 is 0 Å². The molecule has 0 unspecified atom stereocenters. The van der Waals surface area contributed by atoms with Gasteiger partial charge in [-0.1, -0.05) is 43.2 Å². The summed E-state index contributed by atoms with van der Waals surface area (Å²) in [5.41, 5.74) is 1.23. The van der Waals surface area contributed by atoms with Gasteiger partial charge in [-0.05, 0) is 30.5 Å². The molecule has 1 atom stereocenters. The summed E-state index contributed by atoms with van der Waals surface area (Å²) in [5.74, 6) is -0.609. The Kier molecular flexibility index (Phi) is 6.41. The van der Waals surface area contributed by atoms with E-state index < -0.39 is 17.9 Å². The number of carbonyl (C=O) groups is 2. The second-order valence-electron chi connectivity index (χ2n) is 6.86. The van der Waals surface area contributed by atoms with Crippen LogP contribution in [-0.2, 0) is 11.2 Å². The van der Waals surface area contributed by atoms with Crippen molar-refractivity contribution >= 4 is 17.7 Å². The molecule has 1 aromatic heterocycles. The lowest BCUT2D eigenvalue weighted by Crippen LogP contribution is -2.42. The van der Waals surface area contributed by atoms with Crippen LogP contribution in [0, 0.1) is 0 Å². The molecule has 1 aliphatic heterocycles. The van der Waals surface area contributed by atoms with Crippen molar-refractivity contribution in [2.75, 3.05) is 18.0 Å². The predicted octanol–water partition coefficient (Wildman–Crippen LogP) is 2.89. The Bertz CT molecular complexity index is 754. The van der Waals surface area contributed by atoms with Gasteiger partial charge in [0.05, 0.1) is 5.56 Å². The maximum absolute atomic E-state index is 12.5. The summed E-state index contributed by atoms with van der Waals surface area (Å²) in [4.78, 5) is 30.7. The zero-order valence-corrected chi connectivity index (χ0v) is 15.3. The Balaban J connectivity index is 1.64. The van der Waals surface area contributed by atoms with Crippen molar-refractivity contribution in [2.45, 2.75) is 38.1 Å². The van der Waals surface area contributed by atoms with Crippen LogP contribution in [0.1, 0.15) is 41.6 Å². The Hall–Kier alpha value is -2.89. The molecule has 27 heavy (non-hydrogen) atoms. The van der Waals surface area contributed by atoms with Crippen molar-refractivity contribution in [3.63, 3.8) is 0 Å². The molecular formula is C21H25N3O3. The number of hydrogen-bond donors (Lipinski definition) is 2. The molecule has 1 amide bonds. The van der Waals surface area contributed by atoms with E-state index in [1.54, 1.807) is 6.07 Å². The van der Waals surface area contributed by atoms with Gasteiger partial charge in [0.15, 0.2) is 0 Å². The van der Waals surface area contributed by atoms with Crippen molar-refractivity contribution in [2.24, 2.45) is 0 Å². The second kappa shape index (κ2) is 9.16. The Morgan fingerprint density at radius 3 is 2.33 bits per heavy atom. The molecule has 6 heteroatoms. The predicted molar refractivity (Wildman–Crippen MR) is 104 cm³/mol. The number of pyridine rings is 1. The maximum Gasteiger partial charge on any atom is 0.326 e. The number of rotatable bonds is 6. The molecule has 0 saturated carbocycles. The van der Waals surface area contributed by atoms with Gasteiger partial charge in [0.1, 0.15) is 11.9 Å². The van der Waals surface area contributed by atoms with E-state index in [4.69, 9.17) is 0 Å². The van der Waals surface area contributed by atoms with Crippen LogP contribution in [0.5, 0.6) is 0 Å². The molecule has 6 nitrogen and oxygen atoms in total. The molecule has 0 spiro atoms. The zero-order chi connectivity index (χ0) is 19.1. The number of hydrogen-bond acceptors (Lipinski definition) is 4. The fraction of sp³-hybridized carbons (Fsp3) is 0.381. The number of carboxylic acid groups (broad SMARTS) is 1. The first-order valence-corrected chi connectivity index (χ1v) is 9.42. The minimum atomic E-state index is -1.05. The number of nitrogens with one attached hydrogen (secondary N) is 1. The van der Waals surface area contributed by atoms with E-state index in [0.29, 0.717) is 5.56 Å². The second-order valence-corrected chi connectivity index (χ2v) is 6.86. The average Bonchev–Trinajstić information content (AvgIpc) is 2.98. The maximum atomic E-state index is 12.5. The first kappa shape index (κ1) is 18.9. The van der Waals surface area contributed by atoms with Crippen LogP contribution in [0.3, 0.4) is 0 Å². The topological polar surface area (TPSA) is 82.5 Å². The highest BCUT2D eigenvalue weighted by Gasteiger charge is 2.21. The average molecular weight is 367 g/mol. The van der Waals surface area contributed by atoms with Crippen molar-refractivity contribution in [1.82, 2.24) is 10.3 Å². The van der Waals surface area contributed by atoms with Crippen molar-refractivity contribution in [1.29, 1.82) is 0 Å². The Morgan fingerprint density at radius 1 is 1.04 bits per heavy atom. The summed E-state index contributed by atoms with van der Waals surface area (Å²) in [6.07, 6.45) is 6.57. The van der Waals surface area contributed by atoms with E-state index in [9.17, 15) is 14.7 Å². The van der Waals surface area contributed by atoms with E-state index in [0.717, 1.165) is 37.3 Å². The molecule has 1 aliphatic rings. The van der Waals surface area contributed by atoms with E-state index in [-0.39, 0.29) is 6.42 Å². The van der Waals surface area contributed by atoms with Crippen LogP contribution in [0.25, 0.3) is 0 Å². The molecule has 2 aromatic rings. The lowest BCUT2D eigenvalue weighted by Gasteiger charge is -2.21. The van der Waals surface area contributed by atoms with Crippen LogP contribution in [0.2, 0.25) is 0 Å². The number of amides is 1. The highest BCUT2D eigenvalue weighted by molar-refractivity contribution is 5.96. The van der Waals surface area contributed by atoms with Crippen LogP contribution < -0.4 is 10.2 Å². The van der Waals surface area contributed by atoms with E-state index in [1.807, 2.05) is 36.4 Å². The molecule has 0 aliphatic carbocycles. The van der Waals surface area contributed by atoms with Crippen molar-refractivity contribution < 1.29 is 14.7 Å². The number of carbonyl (C=O) groups excluding carboxylic acids is 1. The minimum absolute atomic E-state index is 0.237. The van der Waals surface area contributed by atoms with Crippen LogP contribution in [-0.4, -0.2) is 41.1 Å². The van der Waals surface area contributed by atoms with Gasteiger partial charge in [0.25, 0.3) is 5.91 Å². The Morgan fingerprint density at radius 2 is 1.74 bits per heavy atom. The van der Waals surface area contributed by atoms with Crippen molar-refractivity contribution in [3.8, 4) is 0 Å². The van der Waals surface area contributed by atoms with Gasteiger partial charge < -0.3 is 15.3 Å². The fourth-order valence-electron chi connectivity index (χ4n) is 3.30. The number of benzene rings is 1. The van der Waals surface area contributed by atoms with Gasteiger partial charge in [-0.15, -0.1) is 0 Å². The number of anilines is 1. The molecule has 142 valence electrons. The quantitative estimate of drug-likeness (QED) is 0.820. The van der Waals surface area contributed by atoms with Gasteiger partial charge in [-0.3, -0.25) is 4.79 Å². The summed E-state index contributed by atoms with van der Waals surface area (Å²) >= 11 is 0.